The van der Waals surface area contributed by atoms with Gasteiger partial charge in [-0.3, -0.25) is 4.68 Å². The highest BCUT2D eigenvalue weighted by Gasteiger charge is 2.11. The Kier molecular flexibility index (Phi) is 5.38. The predicted octanol–water partition coefficient (Wildman–Crippen LogP) is 2.32. The molecule has 5 nitrogen and oxygen atoms in total. The second-order valence-electron chi connectivity index (χ2n) is 4.52. The first kappa shape index (κ1) is 14.8. The zero-order chi connectivity index (χ0) is 14.4. The first-order valence-corrected chi connectivity index (χ1v) is 7.00. The van der Waals surface area contributed by atoms with Gasteiger partial charge in [0.25, 0.3) is 0 Å². The van der Waals surface area contributed by atoms with Gasteiger partial charge < -0.3 is 9.84 Å². The second-order valence-corrected chi connectivity index (χ2v) is 4.96. The molecule has 108 valence electrons. The van der Waals surface area contributed by atoms with Gasteiger partial charge in [0.05, 0.1) is 6.10 Å². The molecule has 0 fully saturated rings. The maximum absolute atomic E-state index is 10.00. The molecule has 0 saturated carbocycles. The van der Waals surface area contributed by atoms with E-state index >= 15 is 0 Å². The lowest BCUT2D eigenvalue weighted by Crippen LogP contribution is -2.22. The Balaban J connectivity index is 1.84. The standard InChI is InChI=1S/C14H18ClN3O2/c1-2-7-18-14(16-10-17-18)8-12(19)9-20-13-5-3-11(15)4-6-13/h3-6,10,12,19H,2,7-9H2,1H3. The summed E-state index contributed by atoms with van der Waals surface area (Å²) in [5.74, 6) is 1.46. The van der Waals surface area contributed by atoms with Crippen molar-refractivity contribution in [3.63, 3.8) is 0 Å². The number of aliphatic hydroxyl groups is 1. The van der Waals surface area contributed by atoms with Crippen molar-refractivity contribution in [2.45, 2.75) is 32.4 Å². The van der Waals surface area contributed by atoms with Crippen LogP contribution in [0.2, 0.25) is 5.02 Å². The van der Waals surface area contributed by atoms with Crippen molar-refractivity contribution < 1.29 is 9.84 Å². The van der Waals surface area contributed by atoms with Crippen molar-refractivity contribution in [3.8, 4) is 5.75 Å². The minimum atomic E-state index is -0.620. The number of nitrogens with zero attached hydrogens (tertiary/aromatic N) is 3. The Hall–Kier alpha value is -1.59. The molecule has 1 unspecified atom stereocenters. The van der Waals surface area contributed by atoms with Crippen LogP contribution in [0, 0.1) is 0 Å². The van der Waals surface area contributed by atoms with Crippen LogP contribution >= 0.6 is 11.6 Å². The van der Waals surface area contributed by atoms with Crippen LogP contribution in [0.5, 0.6) is 5.75 Å². The van der Waals surface area contributed by atoms with Gasteiger partial charge in [0.2, 0.25) is 0 Å². The normalized spacial score (nSPS) is 12.3. The van der Waals surface area contributed by atoms with Crippen molar-refractivity contribution >= 4 is 11.6 Å². The summed E-state index contributed by atoms with van der Waals surface area (Å²) in [6, 6.07) is 7.05. The summed E-state index contributed by atoms with van der Waals surface area (Å²) in [4.78, 5) is 4.16. The third-order valence-electron chi connectivity index (χ3n) is 2.81. The fraction of sp³-hybridized carbons (Fsp3) is 0.429. The minimum absolute atomic E-state index is 0.209. The molecular weight excluding hydrogens is 278 g/mol. The number of hydrogen-bond donors (Lipinski definition) is 1. The average molecular weight is 296 g/mol. The van der Waals surface area contributed by atoms with E-state index < -0.39 is 6.10 Å². The molecule has 0 amide bonds. The van der Waals surface area contributed by atoms with E-state index in [4.69, 9.17) is 16.3 Å². The van der Waals surface area contributed by atoms with Gasteiger partial charge in [-0.05, 0) is 30.7 Å². The van der Waals surface area contributed by atoms with Crippen molar-refractivity contribution in [1.29, 1.82) is 0 Å². The number of aryl methyl sites for hydroxylation is 1. The van der Waals surface area contributed by atoms with Crippen LogP contribution < -0.4 is 4.74 Å². The molecule has 1 heterocycles. The highest BCUT2D eigenvalue weighted by Crippen LogP contribution is 2.15. The summed E-state index contributed by atoms with van der Waals surface area (Å²) in [5.41, 5.74) is 0. The maximum Gasteiger partial charge on any atom is 0.138 e. The first-order chi connectivity index (χ1) is 9.69. The van der Waals surface area contributed by atoms with Gasteiger partial charge in [0, 0.05) is 18.0 Å². The molecular formula is C14H18ClN3O2. The Labute approximate surface area is 123 Å². The van der Waals surface area contributed by atoms with Crippen LogP contribution in [0.4, 0.5) is 0 Å². The summed E-state index contributed by atoms with van der Waals surface area (Å²) in [7, 11) is 0. The molecule has 0 radical (unpaired) electrons. The number of aliphatic hydroxyl groups excluding tert-OH is 1. The molecule has 1 aromatic heterocycles. The Bertz CT molecular complexity index is 527. The van der Waals surface area contributed by atoms with Gasteiger partial charge in [0.1, 0.15) is 24.5 Å². The number of benzene rings is 1. The van der Waals surface area contributed by atoms with E-state index in [1.165, 1.54) is 6.33 Å². The van der Waals surface area contributed by atoms with Crippen LogP contribution in [0.3, 0.4) is 0 Å². The quantitative estimate of drug-likeness (QED) is 0.851. The molecule has 1 aromatic carbocycles. The topological polar surface area (TPSA) is 60.2 Å². The minimum Gasteiger partial charge on any atom is -0.491 e. The van der Waals surface area contributed by atoms with Gasteiger partial charge in [0.15, 0.2) is 0 Å². The summed E-state index contributed by atoms with van der Waals surface area (Å²) < 4.78 is 7.32. The van der Waals surface area contributed by atoms with Gasteiger partial charge in [-0.1, -0.05) is 18.5 Å². The average Bonchev–Trinajstić information content (AvgIpc) is 2.86. The summed E-state index contributed by atoms with van der Waals surface area (Å²) in [6.45, 7) is 3.09. The molecule has 2 aromatic rings. The lowest BCUT2D eigenvalue weighted by atomic mass is 10.2. The molecule has 0 spiro atoms. The molecule has 0 aliphatic carbocycles. The van der Waals surface area contributed by atoms with E-state index in [9.17, 15) is 5.11 Å². The highest BCUT2D eigenvalue weighted by atomic mass is 35.5. The van der Waals surface area contributed by atoms with Crippen molar-refractivity contribution in [1.82, 2.24) is 14.8 Å². The van der Waals surface area contributed by atoms with Gasteiger partial charge >= 0.3 is 0 Å². The molecule has 2 rings (SSSR count). The van der Waals surface area contributed by atoms with E-state index in [0.717, 1.165) is 18.8 Å². The van der Waals surface area contributed by atoms with E-state index in [1.807, 2.05) is 4.68 Å². The van der Waals surface area contributed by atoms with E-state index in [0.29, 0.717) is 17.2 Å². The van der Waals surface area contributed by atoms with Crippen molar-refractivity contribution in [2.75, 3.05) is 6.61 Å². The Morgan fingerprint density at radius 3 is 2.80 bits per heavy atom. The number of ether oxygens (including phenoxy) is 1. The summed E-state index contributed by atoms with van der Waals surface area (Å²) in [6.07, 6.45) is 2.30. The van der Waals surface area contributed by atoms with Crippen molar-refractivity contribution in [3.05, 3.63) is 41.4 Å². The molecule has 1 N–H and O–H groups in total. The largest absolute Gasteiger partial charge is 0.491 e. The first-order valence-electron chi connectivity index (χ1n) is 6.62. The lowest BCUT2D eigenvalue weighted by molar-refractivity contribution is 0.105. The summed E-state index contributed by atoms with van der Waals surface area (Å²) in [5, 5.41) is 14.8. The van der Waals surface area contributed by atoms with Crippen LogP contribution in [-0.4, -0.2) is 32.6 Å². The summed E-state index contributed by atoms with van der Waals surface area (Å²) >= 11 is 5.79. The second kappa shape index (κ2) is 7.26. The van der Waals surface area contributed by atoms with Crippen molar-refractivity contribution in [2.24, 2.45) is 0 Å². The Morgan fingerprint density at radius 1 is 1.35 bits per heavy atom. The van der Waals surface area contributed by atoms with Crippen LogP contribution in [0.25, 0.3) is 0 Å². The molecule has 20 heavy (non-hydrogen) atoms. The molecule has 0 saturated heterocycles. The number of rotatable bonds is 7. The van der Waals surface area contributed by atoms with E-state index in [1.54, 1.807) is 24.3 Å². The van der Waals surface area contributed by atoms with Crippen LogP contribution in [0.1, 0.15) is 19.2 Å². The molecule has 0 aliphatic rings. The van der Waals surface area contributed by atoms with E-state index in [-0.39, 0.29) is 6.61 Å². The van der Waals surface area contributed by atoms with Crippen LogP contribution in [0.15, 0.2) is 30.6 Å². The third kappa shape index (κ3) is 4.21. The predicted molar refractivity (Wildman–Crippen MR) is 77.0 cm³/mol. The Morgan fingerprint density at radius 2 is 2.10 bits per heavy atom. The molecule has 6 heteroatoms. The zero-order valence-electron chi connectivity index (χ0n) is 11.4. The van der Waals surface area contributed by atoms with E-state index in [2.05, 4.69) is 17.0 Å². The highest BCUT2D eigenvalue weighted by molar-refractivity contribution is 6.30. The zero-order valence-corrected chi connectivity index (χ0v) is 12.1. The smallest absolute Gasteiger partial charge is 0.138 e. The fourth-order valence-corrected chi connectivity index (χ4v) is 1.96. The van der Waals surface area contributed by atoms with Gasteiger partial charge in [-0.15, -0.1) is 0 Å². The fourth-order valence-electron chi connectivity index (χ4n) is 1.84. The van der Waals surface area contributed by atoms with Gasteiger partial charge in [-0.25, -0.2) is 4.98 Å². The number of aromatic nitrogens is 3. The molecule has 0 aliphatic heterocycles. The maximum atomic E-state index is 10.00. The monoisotopic (exact) mass is 295 g/mol. The number of hydrogen-bond acceptors (Lipinski definition) is 4. The molecule has 1 atom stereocenters. The number of halogens is 1. The SMILES string of the molecule is CCCn1ncnc1CC(O)COc1ccc(Cl)cc1. The molecule has 0 bridgehead atoms. The lowest BCUT2D eigenvalue weighted by Gasteiger charge is -2.12. The van der Waals surface area contributed by atoms with Crippen LogP contribution in [-0.2, 0) is 13.0 Å². The van der Waals surface area contributed by atoms with Gasteiger partial charge in [-0.2, -0.15) is 5.10 Å². The third-order valence-corrected chi connectivity index (χ3v) is 3.06.